The van der Waals surface area contributed by atoms with Gasteiger partial charge in [-0.1, -0.05) is 42.5 Å². The van der Waals surface area contributed by atoms with E-state index in [2.05, 4.69) is 15.2 Å². The summed E-state index contributed by atoms with van der Waals surface area (Å²) >= 11 is 0. The number of halogens is 2. The number of rotatable bonds is 8. The summed E-state index contributed by atoms with van der Waals surface area (Å²) < 4.78 is 35.4. The molecule has 1 amide bonds. The number of imidazole rings is 1. The van der Waals surface area contributed by atoms with Crippen LogP contribution in [0.25, 0.3) is 16.9 Å². The van der Waals surface area contributed by atoms with Crippen LogP contribution in [-0.2, 0) is 16.0 Å². The number of piperazine rings is 1. The molecule has 1 atom stereocenters. The maximum Gasteiger partial charge on any atom is 0.296 e. The Labute approximate surface area is 242 Å². The number of amides is 1. The minimum Gasteiger partial charge on any atom is -0.378 e. The third-order valence-corrected chi connectivity index (χ3v) is 7.84. The molecule has 2 fully saturated rings. The molecule has 0 spiro atoms. The number of anilines is 2. The van der Waals surface area contributed by atoms with Crippen molar-refractivity contribution in [2.45, 2.75) is 18.9 Å². The zero-order valence-electron chi connectivity index (χ0n) is 23.5. The highest BCUT2D eigenvalue weighted by atomic mass is 19.3. The van der Waals surface area contributed by atoms with Gasteiger partial charge in [-0.15, -0.1) is 0 Å². The third-order valence-electron chi connectivity index (χ3n) is 7.84. The van der Waals surface area contributed by atoms with Crippen LogP contribution in [0, 0.1) is 0 Å². The maximum atomic E-state index is 14.2. The number of nitrogens with one attached hydrogen (secondary N) is 1. The topological polar surface area (TPSA) is 91.7 Å². The van der Waals surface area contributed by atoms with Crippen LogP contribution in [0.3, 0.4) is 0 Å². The van der Waals surface area contributed by atoms with Gasteiger partial charge in [0.25, 0.3) is 6.43 Å². The first-order valence-corrected chi connectivity index (χ1v) is 14.2. The number of hydrogen-bond donors (Lipinski definition) is 1. The van der Waals surface area contributed by atoms with Gasteiger partial charge < -0.3 is 24.8 Å². The van der Waals surface area contributed by atoms with Crippen molar-refractivity contribution in [3.05, 3.63) is 72.1 Å². The van der Waals surface area contributed by atoms with Crippen molar-refractivity contribution in [1.29, 1.82) is 0 Å². The van der Waals surface area contributed by atoms with Gasteiger partial charge in [0.2, 0.25) is 11.9 Å². The quantitative estimate of drug-likeness (QED) is 0.342. The van der Waals surface area contributed by atoms with Crippen molar-refractivity contribution in [3.63, 3.8) is 0 Å². The number of fused-ring (bicyclic) bond motifs is 1. The lowest BCUT2D eigenvalue weighted by atomic mass is 10.0. The Bertz CT molecular complexity index is 1520. The molecule has 1 N–H and O–H groups in total. The average Bonchev–Trinajstić information content (AvgIpc) is 3.44. The van der Waals surface area contributed by atoms with Gasteiger partial charge in [-0.25, -0.2) is 13.8 Å². The Morgan fingerprint density at radius 1 is 0.881 bits per heavy atom. The van der Waals surface area contributed by atoms with Gasteiger partial charge in [-0.2, -0.15) is 9.97 Å². The Hall–Kier alpha value is -4.16. The first kappa shape index (κ1) is 28.0. The molecule has 12 heteroatoms. The first-order chi connectivity index (χ1) is 20.5. The normalized spacial score (nSPS) is 16.8. The van der Waals surface area contributed by atoms with E-state index in [9.17, 15) is 13.6 Å². The fourth-order valence-corrected chi connectivity index (χ4v) is 5.56. The van der Waals surface area contributed by atoms with E-state index in [0.29, 0.717) is 87.5 Å². The number of benzene rings is 2. The summed E-state index contributed by atoms with van der Waals surface area (Å²) in [5.74, 6) is 1.12. The number of carbonyl (C=O) groups is 1. The maximum absolute atomic E-state index is 14.2. The number of para-hydroxylation sites is 2. The van der Waals surface area contributed by atoms with E-state index < -0.39 is 6.43 Å². The summed E-state index contributed by atoms with van der Waals surface area (Å²) in [4.78, 5) is 33.2. The predicted molar refractivity (Wildman–Crippen MR) is 156 cm³/mol. The molecule has 2 aliphatic heterocycles. The summed E-state index contributed by atoms with van der Waals surface area (Å²) in [5, 5.41) is 3.18. The Kier molecular flexibility index (Phi) is 8.24. The molecular formula is C30H34F2N8O2. The molecule has 0 saturated carbocycles. The van der Waals surface area contributed by atoms with Crippen molar-refractivity contribution in [2.24, 2.45) is 0 Å². The highest BCUT2D eigenvalue weighted by Crippen LogP contribution is 2.30. The van der Waals surface area contributed by atoms with Gasteiger partial charge in [0.05, 0.1) is 30.3 Å². The van der Waals surface area contributed by atoms with Gasteiger partial charge in [0.15, 0.2) is 5.82 Å². The summed E-state index contributed by atoms with van der Waals surface area (Å²) in [6, 6.07) is 18.4. The van der Waals surface area contributed by atoms with Gasteiger partial charge in [0.1, 0.15) is 11.6 Å². The lowest BCUT2D eigenvalue weighted by molar-refractivity contribution is -0.133. The molecule has 0 aliphatic carbocycles. The Morgan fingerprint density at radius 3 is 2.29 bits per heavy atom. The smallest absolute Gasteiger partial charge is 0.296 e. The summed E-state index contributed by atoms with van der Waals surface area (Å²) in [6.45, 7) is 4.43. The molecule has 2 saturated heterocycles. The fourth-order valence-electron chi connectivity index (χ4n) is 5.56. The van der Waals surface area contributed by atoms with Crippen LogP contribution in [0.2, 0.25) is 0 Å². The van der Waals surface area contributed by atoms with Crippen LogP contribution in [0.15, 0.2) is 60.7 Å². The van der Waals surface area contributed by atoms with Crippen LogP contribution in [0.5, 0.6) is 0 Å². The number of aromatic nitrogens is 4. The second kappa shape index (κ2) is 12.4. The molecule has 10 nitrogen and oxygen atoms in total. The predicted octanol–water partition coefficient (Wildman–Crippen LogP) is 3.07. The molecule has 0 bridgehead atoms. The SMILES string of the molecule is CN[C@H](Cc1ccccc1)C(=O)N1CCN(c2cc(-n3c(C(F)F)nc4ccccc43)nc(N3CCOCC3)n2)CC1. The Morgan fingerprint density at radius 2 is 1.57 bits per heavy atom. The van der Waals surface area contributed by atoms with Crippen molar-refractivity contribution in [2.75, 3.05) is 69.3 Å². The van der Waals surface area contributed by atoms with E-state index in [-0.39, 0.29) is 17.8 Å². The third kappa shape index (κ3) is 5.77. The molecule has 2 aromatic carbocycles. The average molecular weight is 577 g/mol. The van der Waals surface area contributed by atoms with Crippen molar-refractivity contribution >= 4 is 28.7 Å². The lowest BCUT2D eigenvalue weighted by Gasteiger charge is -2.37. The zero-order chi connectivity index (χ0) is 29.1. The number of nitrogens with zero attached hydrogens (tertiary/aromatic N) is 7. The standard InChI is InChI=1S/C30H34F2N8O2/c1-33-23(19-21-7-3-2-4-8-21)29(41)38-13-11-37(12-14-38)25-20-26(36-30(35-25)39-15-17-42-18-16-39)40-24-10-6-5-9-22(24)34-28(40)27(31)32/h2-10,20,23,27,33H,11-19H2,1H3/t23-/m1/s1. The minimum atomic E-state index is -2.78. The highest BCUT2D eigenvalue weighted by Gasteiger charge is 2.29. The molecule has 220 valence electrons. The van der Waals surface area contributed by atoms with Gasteiger partial charge in [0, 0.05) is 45.3 Å². The van der Waals surface area contributed by atoms with Gasteiger partial charge in [-0.05, 0) is 31.2 Å². The van der Waals surface area contributed by atoms with E-state index in [4.69, 9.17) is 14.7 Å². The van der Waals surface area contributed by atoms with Crippen LogP contribution >= 0.6 is 0 Å². The highest BCUT2D eigenvalue weighted by molar-refractivity contribution is 5.82. The number of likely N-dealkylation sites (N-methyl/N-ethyl adjacent to an activating group) is 1. The zero-order valence-corrected chi connectivity index (χ0v) is 23.5. The van der Waals surface area contributed by atoms with E-state index in [1.807, 2.05) is 47.2 Å². The molecule has 2 aliphatic rings. The first-order valence-electron chi connectivity index (χ1n) is 14.2. The fraction of sp³-hybridized carbons (Fsp3) is 0.400. The lowest BCUT2D eigenvalue weighted by Crippen LogP contribution is -2.54. The molecule has 0 unspecified atom stereocenters. The van der Waals surface area contributed by atoms with Crippen molar-refractivity contribution < 1.29 is 18.3 Å². The minimum absolute atomic E-state index is 0.0600. The second-order valence-electron chi connectivity index (χ2n) is 10.4. The number of morpholine rings is 1. The molecule has 6 rings (SSSR count). The monoisotopic (exact) mass is 576 g/mol. The van der Waals surface area contributed by atoms with E-state index in [1.54, 1.807) is 30.3 Å². The molecule has 4 aromatic rings. The van der Waals surface area contributed by atoms with Gasteiger partial charge >= 0.3 is 0 Å². The summed E-state index contributed by atoms with van der Waals surface area (Å²) in [5.41, 5.74) is 2.13. The number of carbonyl (C=O) groups excluding carboxylic acids is 1. The van der Waals surface area contributed by atoms with Crippen molar-refractivity contribution in [1.82, 2.24) is 29.7 Å². The van der Waals surface area contributed by atoms with E-state index >= 15 is 0 Å². The van der Waals surface area contributed by atoms with Gasteiger partial charge in [-0.3, -0.25) is 9.36 Å². The van der Waals surface area contributed by atoms with Crippen molar-refractivity contribution in [3.8, 4) is 5.82 Å². The van der Waals surface area contributed by atoms with Crippen LogP contribution in [0.4, 0.5) is 20.5 Å². The second-order valence-corrected chi connectivity index (χ2v) is 10.4. The van der Waals surface area contributed by atoms with Crippen LogP contribution < -0.4 is 15.1 Å². The number of alkyl halides is 2. The molecule has 42 heavy (non-hydrogen) atoms. The number of hydrogen-bond acceptors (Lipinski definition) is 8. The van der Waals surface area contributed by atoms with Crippen LogP contribution in [0.1, 0.15) is 17.8 Å². The summed E-state index contributed by atoms with van der Waals surface area (Å²) in [7, 11) is 1.81. The van der Waals surface area contributed by atoms with E-state index in [0.717, 1.165) is 5.56 Å². The number of ether oxygens (including phenoxy) is 1. The Balaban J connectivity index is 1.28. The van der Waals surface area contributed by atoms with Crippen LogP contribution in [-0.4, -0.2) is 95.9 Å². The molecule has 2 aromatic heterocycles. The molecule has 4 heterocycles. The van der Waals surface area contributed by atoms with E-state index in [1.165, 1.54) is 4.57 Å². The summed E-state index contributed by atoms with van der Waals surface area (Å²) in [6.07, 6.45) is -2.17. The largest absolute Gasteiger partial charge is 0.378 e. The molecular weight excluding hydrogens is 542 g/mol. The molecule has 0 radical (unpaired) electrons.